The number of benzene rings is 1. The van der Waals surface area contributed by atoms with Gasteiger partial charge in [-0.05, 0) is 31.0 Å². The zero-order valence-electron chi connectivity index (χ0n) is 11.0. The lowest BCUT2D eigenvalue weighted by Crippen LogP contribution is -2.36. The Morgan fingerprint density at radius 1 is 1.53 bits per heavy atom. The molecule has 1 aromatic carbocycles. The van der Waals surface area contributed by atoms with Crippen molar-refractivity contribution in [2.75, 3.05) is 19.6 Å². The average Bonchev–Trinajstić information content (AvgIpc) is 2.76. The van der Waals surface area contributed by atoms with Crippen LogP contribution in [0.15, 0.2) is 22.7 Å². The fourth-order valence-corrected chi connectivity index (χ4v) is 2.70. The van der Waals surface area contributed by atoms with Crippen LogP contribution in [0.5, 0.6) is 0 Å². The van der Waals surface area contributed by atoms with Crippen molar-refractivity contribution in [1.29, 1.82) is 0 Å². The van der Waals surface area contributed by atoms with Crippen LogP contribution in [0.25, 0.3) is 0 Å². The van der Waals surface area contributed by atoms with E-state index in [0.29, 0.717) is 18.5 Å². The van der Waals surface area contributed by atoms with Crippen LogP contribution in [0.2, 0.25) is 0 Å². The van der Waals surface area contributed by atoms with E-state index in [0.717, 1.165) is 17.6 Å². The van der Waals surface area contributed by atoms with Gasteiger partial charge in [0.25, 0.3) is 0 Å². The van der Waals surface area contributed by atoms with Crippen LogP contribution in [0.3, 0.4) is 0 Å². The monoisotopic (exact) mass is 330 g/mol. The Hall–Kier alpha value is -0.490. The molecule has 1 aliphatic heterocycles. The van der Waals surface area contributed by atoms with E-state index in [-0.39, 0.29) is 23.9 Å². The highest BCUT2D eigenvalue weighted by molar-refractivity contribution is 9.10. The highest BCUT2D eigenvalue weighted by Crippen LogP contribution is 2.16. The van der Waals surface area contributed by atoms with Crippen molar-refractivity contribution in [1.82, 2.24) is 10.6 Å². The van der Waals surface area contributed by atoms with Crippen molar-refractivity contribution in [3.05, 3.63) is 34.1 Å². The number of β-amino-alcohol motifs (C(OH)–C–C–N with tert-alkyl or cyclic N) is 1. The predicted octanol–water partition coefficient (Wildman–Crippen LogP) is 1.69. The molecule has 19 heavy (non-hydrogen) atoms. The van der Waals surface area contributed by atoms with Crippen LogP contribution in [-0.2, 0) is 6.42 Å². The van der Waals surface area contributed by atoms with Gasteiger partial charge in [-0.2, -0.15) is 0 Å². The molecule has 3 N–H and O–H groups in total. The van der Waals surface area contributed by atoms with Crippen molar-refractivity contribution in [3.63, 3.8) is 0 Å². The molecule has 1 aromatic rings. The maximum atomic E-state index is 13.7. The Balaban J connectivity index is 1.82. The first-order valence-corrected chi connectivity index (χ1v) is 7.41. The summed E-state index contributed by atoms with van der Waals surface area (Å²) >= 11 is 3.25. The third-order valence-corrected chi connectivity index (χ3v) is 4.07. The Morgan fingerprint density at radius 2 is 2.32 bits per heavy atom. The minimum absolute atomic E-state index is 0.175. The number of aliphatic hydroxyl groups excluding tert-OH is 1. The zero-order chi connectivity index (χ0) is 13.8. The second-order valence-corrected chi connectivity index (χ2v) is 6.15. The minimum atomic E-state index is -0.274. The van der Waals surface area contributed by atoms with E-state index in [9.17, 15) is 9.50 Å². The summed E-state index contributed by atoms with van der Waals surface area (Å²) < 4.78 is 14.5. The Bertz CT molecular complexity index is 430. The van der Waals surface area contributed by atoms with Gasteiger partial charge in [0.1, 0.15) is 5.82 Å². The van der Waals surface area contributed by atoms with Crippen molar-refractivity contribution >= 4 is 15.9 Å². The molecular formula is C14H20BrFN2O. The van der Waals surface area contributed by atoms with Gasteiger partial charge in [0.15, 0.2) is 0 Å². The third-order valence-electron chi connectivity index (χ3n) is 3.57. The molecule has 0 aromatic heterocycles. The van der Waals surface area contributed by atoms with E-state index < -0.39 is 0 Å². The first-order chi connectivity index (χ1) is 9.06. The SMILES string of the molecule is CC(Cc1ccc(Br)cc1F)NCC1CNCC1O. The summed E-state index contributed by atoms with van der Waals surface area (Å²) in [7, 11) is 0. The number of hydrogen-bond donors (Lipinski definition) is 3. The number of hydrogen-bond acceptors (Lipinski definition) is 3. The molecule has 2 rings (SSSR count). The first kappa shape index (κ1) is 14.9. The van der Waals surface area contributed by atoms with E-state index in [2.05, 4.69) is 26.6 Å². The summed E-state index contributed by atoms with van der Waals surface area (Å²) in [6.45, 7) is 4.30. The minimum Gasteiger partial charge on any atom is -0.391 e. The predicted molar refractivity (Wildman–Crippen MR) is 77.6 cm³/mol. The average molecular weight is 331 g/mol. The fourth-order valence-electron chi connectivity index (χ4n) is 2.37. The van der Waals surface area contributed by atoms with Gasteiger partial charge in [-0.25, -0.2) is 4.39 Å². The molecule has 1 saturated heterocycles. The van der Waals surface area contributed by atoms with Crippen LogP contribution in [0.1, 0.15) is 12.5 Å². The number of nitrogens with one attached hydrogen (secondary N) is 2. The van der Waals surface area contributed by atoms with Crippen molar-refractivity contribution in [2.24, 2.45) is 5.92 Å². The lowest BCUT2D eigenvalue weighted by atomic mass is 10.0. The third kappa shape index (κ3) is 4.24. The van der Waals surface area contributed by atoms with Gasteiger partial charge >= 0.3 is 0 Å². The van der Waals surface area contributed by atoms with Crippen LogP contribution in [0, 0.1) is 11.7 Å². The van der Waals surface area contributed by atoms with Gasteiger partial charge in [-0.1, -0.05) is 22.0 Å². The first-order valence-electron chi connectivity index (χ1n) is 6.62. The highest BCUT2D eigenvalue weighted by Gasteiger charge is 2.24. The second kappa shape index (κ2) is 6.79. The van der Waals surface area contributed by atoms with Gasteiger partial charge in [-0.3, -0.25) is 0 Å². The van der Waals surface area contributed by atoms with E-state index in [1.54, 1.807) is 0 Å². The Labute approximate surface area is 121 Å². The van der Waals surface area contributed by atoms with Crippen molar-refractivity contribution in [2.45, 2.75) is 25.5 Å². The molecule has 0 spiro atoms. The molecule has 3 atom stereocenters. The van der Waals surface area contributed by atoms with Crippen molar-refractivity contribution in [3.8, 4) is 0 Å². The normalized spacial score (nSPS) is 24.6. The number of rotatable bonds is 5. The smallest absolute Gasteiger partial charge is 0.127 e. The molecule has 1 fully saturated rings. The molecule has 0 saturated carbocycles. The van der Waals surface area contributed by atoms with Gasteiger partial charge < -0.3 is 15.7 Å². The summed E-state index contributed by atoms with van der Waals surface area (Å²) in [4.78, 5) is 0. The Kier molecular flexibility index (Phi) is 5.33. The molecule has 1 heterocycles. The summed E-state index contributed by atoms with van der Waals surface area (Å²) in [5, 5.41) is 16.2. The molecule has 0 radical (unpaired) electrons. The fraction of sp³-hybridized carbons (Fsp3) is 0.571. The maximum Gasteiger partial charge on any atom is 0.127 e. The number of halogens is 2. The standard InChI is InChI=1S/C14H20BrFN2O/c1-9(18-7-11-6-17-8-14(11)19)4-10-2-3-12(15)5-13(10)16/h2-3,5,9,11,14,17-19H,4,6-8H2,1H3. The summed E-state index contributed by atoms with van der Waals surface area (Å²) in [6, 6.07) is 5.34. The lowest BCUT2D eigenvalue weighted by Gasteiger charge is -2.19. The van der Waals surface area contributed by atoms with Crippen LogP contribution in [0.4, 0.5) is 4.39 Å². The second-order valence-electron chi connectivity index (χ2n) is 5.23. The van der Waals surface area contributed by atoms with E-state index in [1.165, 1.54) is 6.07 Å². The molecule has 0 bridgehead atoms. The molecule has 0 amide bonds. The van der Waals surface area contributed by atoms with E-state index >= 15 is 0 Å². The summed E-state index contributed by atoms with van der Waals surface area (Å²) in [5.41, 5.74) is 0.716. The molecule has 1 aliphatic rings. The van der Waals surface area contributed by atoms with Gasteiger partial charge in [0, 0.05) is 36.1 Å². The van der Waals surface area contributed by atoms with Gasteiger partial charge in [0.2, 0.25) is 0 Å². The molecule has 0 aliphatic carbocycles. The summed E-state index contributed by atoms with van der Waals surface area (Å²) in [5.74, 6) is 0.0720. The molecule has 3 unspecified atom stereocenters. The van der Waals surface area contributed by atoms with Gasteiger partial charge in [0.05, 0.1) is 6.10 Å². The zero-order valence-corrected chi connectivity index (χ0v) is 12.6. The van der Waals surface area contributed by atoms with E-state index in [4.69, 9.17) is 0 Å². The molecule has 5 heteroatoms. The van der Waals surface area contributed by atoms with E-state index in [1.807, 2.05) is 19.1 Å². The topological polar surface area (TPSA) is 44.3 Å². The van der Waals surface area contributed by atoms with Crippen LogP contribution in [-0.4, -0.2) is 36.9 Å². The highest BCUT2D eigenvalue weighted by atomic mass is 79.9. The largest absolute Gasteiger partial charge is 0.391 e. The van der Waals surface area contributed by atoms with Crippen LogP contribution >= 0.6 is 15.9 Å². The summed E-state index contributed by atoms with van der Waals surface area (Å²) in [6.07, 6.45) is 0.374. The molecular weight excluding hydrogens is 311 g/mol. The lowest BCUT2D eigenvalue weighted by molar-refractivity contribution is 0.145. The number of aliphatic hydroxyl groups is 1. The quantitative estimate of drug-likeness (QED) is 0.769. The Morgan fingerprint density at radius 3 is 2.95 bits per heavy atom. The maximum absolute atomic E-state index is 13.7. The van der Waals surface area contributed by atoms with Crippen molar-refractivity contribution < 1.29 is 9.50 Å². The molecule has 106 valence electrons. The molecule has 3 nitrogen and oxygen atoms in total. The van der Waals surface area contributed by atoms with Gasteiger partial charge in [-0.15, -0.1) is 0 Å². The van der Waals surface area contributed by atoms with Crippen LogP contribution < -0.4 is 10.6 Å².